The third-order valence-electron chi connectivity index (χ3n) is 3.70. The summed E-state index contributed by atoms with van der Waals surface area (Å²) in [5.41, 5.74) is 3.84. The van der Waals surface area contributed by atoms with Gasteiger partial charge in [0.1, 0.15) is 11.6 Å². The average molecular weight is 309 g/mol. The smallest absolute Gasteiger partial charge is 0.224 e. The van der Waals surface area contributed by atoms with Crippen molar-refractivity contribution >= 4 is 16.9 Å². The molecule has 0 aliphatic rings. The summed E-state index contributed by atoms with van der Waals surface area (Å²) < 4.78 is 5.27. The zero-order valence-corrected chi connectivity index (χ0v) is 13.2. The summed E-state index contributed by atoms with van der Waals surface area (Å²) >= 11 is 0. The second-order valence-electron chi connectivity index (χ2n) is 5.44. The van der Waals surface area contributed by atoms with Gasteiger partial charge in [0.05, 0.1) is 24.6 Å². The molecule has 5 nitrogen and oxygen atoms in total. The van der Waals surface area contributed by atoms with Gasteiger partial charge in [-0.1, -0.05) is 24.3 Å². The minimum Gasteiger partial charge on any atom is -0.496 e. The summed E-state index contributed by atoms with van der Waals surface area (Å²) in [5, 5.41) is 2.94. The molecule has 1 heterocycles. The van der Waals surface area contributed by atoms with Gasteiger partial charge in [0.25, 0.3) is 0 Å². The van der Waals surface area contributed by atoms with E-state index >= 15 is 0 Å². The molecule has 0 atom stereocenters. The number of nitrogens with one attached hydrogen (secondary N) is 2. The number of amides is 1. The van der Waals surface area contributed by atoms with Crippen molar-refractivity contribution in [2.45, 2.75) is 19.9 Å². The Kier molecular flexibility index (Phi) is 4.28. The molecule has 1 amide bonds. The lowest BCUT2D eigenvalue weighted by Gasteiger charge is -2.09. The highest BCUT2D eigenvalue weighted by Crippen LogP contribution is 2.18. The first-order valence-corrected chi connectivity index (χ1v) is 7.49. The maximum atomic E-state index is 12.1. The van der Waals surface area contributed by atoms with Crippen molar-refractivity contribution in [3.63, 3.8) is 0 Å². The Morgan fingerprint density at radius 3 is 2.91 bits per heavy atom. The molecule has 0 saturated heterocycles. The van der Waals surface area contributed by atoms with Crippen LogP contribution in [0.15, 0.2) is 42.5 Å². The minimum absolute atomic E-state index is 0.0320. The Balaban J connectivity index is 1.63. The van der Waals surface area contributed by atoms with E-state index in [2.05, 4.69) is 15.3 Å². The Morgan fingerprint density at radius 1 is 1.26 bits per heavy atom. The van der Waals surface area contributed by atoms with E-state index < -0.39 is 0 Å². The van der Waals surface area contributed by atoms with Crippen LogP contribution in [0.25, 0.3) is 11.0 Å². The van der Waals surface area contributed by atoms with Gasteiger partial charge in [0.15, 0.2) is 0 Å². The Morgan fingerprint density at radius 2 is 2.09 bits per heavy atom. The molecule has 3 rings (SSSR count). The van der Waals surface area contributed by atoms with E-state index in [0.717, 1.165) is 33.7 Å². The van der Waals surface area contributed by atoms with Crippen LogP contribution in [0.4, 0.5) is 0 Å². The van der Waals surface area contributed by atoms with Crippen LogP contribution in [0.3, 0.4) is 0 Å². The molecule has 0 unspecified atom stereocenters. The Hall–Kier alpha value is -2.82. The van der Waals surface area contributed by atoms with Crippen molar-refractivity contribution in [1.82, 2.24) is 15.3 Å². The van der Waals surface area contributed by atoms with Gasteiger partial charge in [-0.25, -0.2) is 4.98 Å². The van der Waals surface area contributed by atoms with Gasteiger partial charge in [-0.05, 0) is 30.7 Å². The molecule has 3 aromatic rings. The summed E-state index contributed by atoms with van der Waals surface area (Å²) in [6.07, 6.45) is 0.301. The average Bonchev–Trinajstić information content (AvgIpc) is 2.92. The maximum absolute atomic E-state index is 12.1. The quantitative estimate of drug-likeness (QED) is 0.761. The van der Waals surface area contributed by atoms with E-state index in [-0.39, 0.29) is 5.91 Å². The number of aryl methyl sites for hydroxylation is 1. The van der Waals surface area contributed by atoms with Gasteiger partial charge in [-0.15, -0.1) is 0 Å². The van der Waals surface area contributed by atoms with Crippen molar-refractivity contribution in [2.75, 3.05) is 7.11 Å². The number of H-pyrrole nitrogens is 1. The molecule has 0 radical (unpaired) electrons. The highest BCUT2D eigenvalue weighted by Gasteiger charge is 2.08. The molecular formula is C18H19N3O2. The third-order valence-corrected chi connectivity index (χ3v) is 3.70. The minimum atomic E-state index is -0.0320. The van der Waals surface area contributed by atoms with Crippen LogP contribution in [0.1, 0.15) is 17.0 Å². The highest BCUT2D eigenvalue weighted by molar-refractivity contribution is 5.80. The van der Waals surface area contributed by atoms with Crippen molar-refractivity contribution in [3.05, 3.63) is 59.4 Å². The first-order chi connectivity index (χ1) is 11.2. The molecule has 2 N–H and O–H groups in total. The fourth-order valence-corrected chi connectivity index (χ4v) is 2.58. The number of nitrogens with zero attached hydrogens (tertiary/aromatic N) is 1. The number of methoxy groups -OCH3 is 1. The SMILES string of the molecule is COc1ccccc1CC(=O)NCc1ccc2nc(C)[nH]c2c1. The molecule has 0 saturated carbocycles. The first kappa shape index (κ1) is 15.1. The molecular weight excluding hydrogens is 290 g/mol. The number of carbonyl (C=O) groups excluding carboxylic acids is 1. The van der Waals surface area contributed by atoms with Crippen LogP contribution in [0.5, 0.6) is 5.75 Å². The number of carbonyl (C=O) groups is 1. The van der Waals surface area contributed by atoms with Crippen molar-refractivity contribution < 1.29 is 9.53 Å². The lowest BCUT2D eigenvalue weighted by Crippen LogP contribution is -2.24. The molecule has 1 aromatic heterocycles. The van der Waals surface area contributed by atoms with Gasteiger partial charge >= 0.3 is 0 Å². The second-order valence-corrected chi connectivity index (χ2v) is 5.44. The zero-order valence-electron chi connectivity index (χ0n) is 13.2. The van der Waals surface area contributed by atoms with E-state index in [4.69, 9.17) is 4.74 Å². The predicted molar refractivity (Wildman–Crippen MR) is 89.4 cm³/mol. The fourth-order valence-electron chi connectivity index (χ4n) is 2.58. The van der Waals surface area contributed by atoms with Crippen LogP contribution in [0.2, 0.25) is 0 Å². The van der Waals surface area contributed by atoms with Crippen LogP contribution >= 0.6 is 0 Å². The standard InChI is InChI=1S/C18H19N3O2/c1-12-20-15-8-7-13(9-16(15)21-12)11-19-18(22)10-14-5-3-4-6-17(14)23-2/h3-9H,10-11H2,1-2H3,(H,19,22)(H,20,21). The molecule has 118 valence electrons. The lowest BCUT2D eigenvalue weighted by atomic mass is 10.1. The number of aromatic nitrogens is 2. The van der Waals surface area contributed by atoms with Crippen molar-refractivity contribution in [2.24, 2.45) is 0 Å². The van der Waals surface area contributed by atoms with Gasteiger partial charge in [-0.2, -0.15) is 0 Å². The number of para-hydroxylation sites is 1. The monoisotopic (exact) mass is 309 g/mol. The number of hydrogen-bond acceptors (Lipinski definition) is 3. The molecule has 0 aliphatic carbocycles. The maximum Gasteiger partial charge on any atom is 0.224 e. The Labute approximate surface area is 134 Å². The first-order valence-electron chi connectivity index (χ1n) is 7.49. The normalized spacial score (nSPS) is 10.7. The van der Waals surface area contributed by atoms with Gasteiger partial charge in [0, 0.05) is 12.1 Å². The summed E-state index contributed by atoms with van der Waals surface area (Å²) in [7, 11) is 1.61. The van der Waals surface area contributed by atoms with Crippen LogP contribution < -0.4 is 10.1 Å². The van der Waals surface area contributed by atoms with E-state index in [1.807, 2.05) is 49.4 Å². The number of benzene rings is 2. The van der Waals surface area contributed by atoms with Gasteiger partial charge in [0.2, 0.25) is 5.91 Å². The Bertz CT molecular complexity index is 839. The van der Waals surface area contributed by atoms with Crippen LogP contribution in [-0.2, 0) is 17.8 Å². The molecule has 0 aliphatic heterocycles. The van der Waals surface area contributed by atoms with Crippen molar-refractivity contribution in [1.29, 1.82) is 0 Å². The molecule has 5 heteroatoms. The number of hydrogen-bond donors (Lipinski definition) is 2. The molecule has 0 spiro atoms. The summed E-state index contributed by atoms with van der Waals surface area (Å²) in [5.74, 6) is 1.59. The van der Waals surface area contributed by atoms with E-state index in [1.54, 1.807) is 7.11 Å². The van der Waals surface area contributed by atoms with Gasteiger partial charge in [-0.3, -0.25) is 4.79 Å². The van der Waals surface area contributed by atoms with E-state index in [0.29, 0.717) is 13.0 Å². The number of ether oxygens (including phenoxy) is 1. The fraction of sp³-hybridized carbons (Fsp3) is 0.222. The van der Waals surface area contributed by atoms with Crippen molar-refractivity contribution in [3.8, 4) is 5.75 Å². The number of rotatable bonds is 5. The summed E-state index contributed by atoms with van der Waals surface area (Å²) in [6.45, 7) is 2.41. The lowest BCUT2D eigenvalue weighted by molar-refractivity contribution is -0.120. The summed E-state index contributed by atoms with van der Waals surface area (Å²) in [6, 6.07) is 13.5. The van der Waals surface area contributed by atoms with Crippen LogP contribution in [0, 0.1) is 6.92 Å². The highest BCUT2D eigenvalue weighted by atomic mass is 16.5. The van der Waals surface area contributed by atoms with E-state index in [9.17, 15) is 4.79 Å². The predicted octanol–water partition coefficient (Wildman–Crippen LogP) is 2.74. The summed E-state index contributed by atoms with van der Waals surface area (Å²) in [4.78, 5) is 19.7. The largest absolute Gasteiger partial charge is 0.496 e. The second kappa shape index (κ2) is 6.52. The topological polar surface area (TPSA) is 67.0 Å². The van der Waals surface area contributed by atoms with Crippen LogP contribution in [-0.4, -0.2) is 23.0 Å². The molecule has 2 aromatic carbocycles. The number of imidazole rings is 1. The molecule has 23 heavy (non-hydrogen) atoms. The van der Waals surface area contributed by atoms with Gasteiger partial charge < -0.3 is 15.0 Å². The molecule has 0 fully saturated rings. The number of fused-ring (bicyclic) bond motifs is 1. The zero-order chi connectivity index (χ0) is 16.2. The third kappa shape index (κ3) is 3.51. The molecule has 0 bridgehead atoms. The van der Waals surface area contributed by atoms with E-state index in [1.165, 1.54) is 0 Å². The number of aromatic amines is 1.